The number of sulfonamides is 1. The second-order valence-corrected chi connectivity index (χ2v) is 10.7. The van der Waals surface area contributed by atoms with Gasteiger partial charge < -0.3 is 10.2 Å². The van der Waals surface area contributed by atoms with Gasteiger partial charge in [-0.3, -0.25) is 0 Å². The number of benzene rings is 2. The van der Waals surface area contributed by atoms with Crippen LogP contribution < -0.4 is 14.9 Å². The third-order valence-electron chi connectivity index (χ3n) is 6.27. The highest BCUT2D eigenvalue weighted by molar-refractivity contribution is 7.89. The van der Waals surface area contributed by atoms with Gasteiger partial charge in [0, 0.05) is 38.6 Å². The maximum atomic E-state index is 13.9. The minimum absolute atomic E-state index is 0.173. The molecule has 1 heterocycles. The number of hydrogen-bond donors (Lipinski definition) is 2. The molecule has 2 aromatic carbocycles. The highest BCUT2D eigenvalue weighted by atomic mass is 32.2. The molecule has 2 N–H and O–H groups in total. The first-order valence-corrected chi connectivity index (χ1v) is 12.8. The molecular formula is C24H29F2N5O2S. The average Bonchev–Trinajstić information content (AvgIpc) is 2.81. The number of hydrogen-bond acceptors (Lipinski definition) is 6. The Kier molecular flexibility index (Phi) is 7.27. The van der Waals surface area contributed by atoms with Gasteiger partial charge in [-0.25, -0.2) is 26.9 Å². The van der Waals surface area contributed by atoms with E-state index in [-0.39, 0.29) is 12.5 Å². The molecule has 34 heavy (non-hydrogen) atoms. The summed E-state index contributed by atoms with van der Waals surface area (Å²) in [5.41, 5.74) is 0.886. The van der Waals surface area contributed by atoms with Crippen molar-refractivity contribution >= 4 is 32.7 Å². The van der Waals surface area contributed by atoms with Crippen molar-refractivity contribution in [3.63, 3.8) is 0 Å². The molecule has 1 aromatic heterocycles. The fraction of sp³-hybridized carbons (Fsp3) is 0.417. The minimum atomic E-state index is -4.02. The van der Waals surface area contributed by atoms with Crippen LogP contribution in [0.3, 0.4) is 0 Å². The molecule has 1 fully saturated rings. The Morgan fingerprint density at radius 2 is 1.65 bits per heavy atom. The third kappa shape index (κ3) is 5.61. The topological polar surface area (TPSA) is 87.2 Å². The molecule has 0 radical (unpaired) electrons. The lowest BCUT2D eigenvalue weighted by molar-refractivity contribution is 0.284. The fourth-order valence-corrected chi connectivity index (χ4v) is 5.53. The predicted molar refractivity (Wildman–Crippen MR) is 129 cm³/mol. The van der Waals surface area contributed by atoms with Gasteiger partial charge in [-0.1, -0.05) is 12.1 Å². The van der Waals surface area contributed by atoms with Crippen LogP contribution in [0.2, 0.25) is 0 Å². The third-order valence-corrected chi connectivity index (χ3v) is 7.72. The molecule has 0 unspecified atom stereocenters. The molecule has 0 bridgehead atoms. The van der Waals surface area contributed by atoms with E-state index in [0.29, 0.717) is 17.9 Å². The summed E-state index contributed by atoms with van der Waals surface area (Å²) in [6.07, 6.45) is 3.61. The number of fused-ring (bicyclic) bond motifs is 1. The normalized spacial score (nSPS) is 18.7. The second kappa shape index (κ2) is 10.2. The van der Waals surface area contributed by atoms with Crippen LogP contribution in [0.4, 0.5) is 20.5 Å². The number of nitrogens with zero attached hydrogens (tertiary/aromatic N) is 3. The largest absolute Gasteiger partial charge is 0.362 e. The monoisotopic (exact) mass is 489 g/mol. The second-order valence-electron chi connectivity index (χ2n) is 8.98. The van der Waals surface area contributed by atoms with Crippen molar-refractivity contribution in [2.75, 3.05) is 37.4 Å². The van der Waals surface area contributed by atoms with Crippen molar-refractivity contribution in [2.24, 2.45) is 11.8 Å². The maximum absolute atomic E-state index is 13.9. The van der Waals surface area contributed by atoms with Crippen LogP contribution in [0.1, 0.15) is 25.7 Å². The van der Waals surface area contributed by atoms with Crippen molar-refractivity contribution in [3.8, 4) is 0 Å². The Balaban J connectivity index is 1.29. The number of halogens is 2. The van der Waals surface area contributed by atoms with Gasteiger partial charge in [0.1, 0.15) is 22.3 Å². The van der Waals surface area contributed by atoms with Crippen molar-refractivity contribution in [1.82, 2.24) is 14.7 Å². The maximum Gasteiger partial charge on any atom is 0.243 e. The molecule has 0 spiro atoms. The van der Waals surface area contributed by atoms with Crippen molar-refractivity contribution < 1.29 is 17.2 Å². The smallest absolute Gasteiger partial charge is 0.243 e. The Bertz CT molecular complexity index is 1260. The van der Waals surface area contributed by atoms with Gasteiger partial charge in [-0.15, -0.1) is 0 Å². The Morgan fingerprint density at radius 3 is 2.32 bits per heavy atom. The zero-order valence-corrected chi connectivity index (χ0v) is 20.1. The molecule has 0 atom stereocenters. The lowest BCUT2D eigenvalue weighted by atomic mass is 9.82. The van der Waals surface area contributed by atoms with E-state index in [1.165, 1.54) is 0 Å². The van der Waals surface area contributed by atoms with Crippen LogP contribution in [-0.4, -0.2) is 45.6 Å². The van der Waals surface area contributed by atoms with Gasteiger partial charge in [0.2, 0.25) is 16.0 Å². The molecule has 1 aliphatic rings. The fourth-order valence-electron chi connectivity index (χ4n) is 4.35. The molecule has 0 aliphatic heterocycles. The molecule has 0 amide bonds. The highest BCUT2D eigenvalue weighted by Gasteiger charge is 2.25. The Morgan fingerprint density at radius 1 is 0.971 bits per heavy atom. The number of aromatic nitrogens is 2. The van der Waals surface area contributed by atoms with Crippen molar-refractivity contribution in [3.05, 3.63) is 54.1 Å². The molecule has 0 saturated heterocycles. The van der Waals surface area contributed by atoms with E-state index in [9.17, 15) is 17.2 Å². The Labute approximate surface area is 198 Å². The average molecular weight is 490 g/mol. The van der Waals surface area contributed by atoms with Crippen molar-refractivity contribution in [1.29, 1.82) is 0 Å². The summed E-state index contributed by atoms with van der Waals surface area (Å²) >= 11 is 0. The summed E-state index contributed by atoms with van der Waals surface area (Å²) in [4.78, 5) is 10.7. The van der Waals surface area contributed by atoms with E-state index in [0.717, 1.165) is 61.1 Å². The van der Waals surface area contributed by atoms with Crippen LogP contribution in [0.5, 0.6) is 0 Å². The van der Waals surface area contributed by atoms with Crippen LogP contribution in [0.15, 0.2) is 47.4 Å². The zero-order chi connectivity index (χ0) is 24.3. The first kappa shape index (κ1) is 24.3. The van der Waals surface area contributed by atoms with Gasteiger partial charge >= 0.3 is 0 Å². The van der Waals surface area contributed by atoms with E-state index in [1.807, 2.05) is 43.3 Å². The van der Waals surface area contributed by atoms with Crippen LogP contribution in [-0.2, 0) is 10.0 Å². The van der Waals surface area contributed by atoms with E-state index in [2.05, 4.69) is 20.0 Å². The molecule has 10 heteroatoms. The molecule has 4 rings (SSSR count). The molecule has 1 saturated carbocycles. The van der Waals surface area contributed by atoms with Crippen LogP contribution >= 0.6 is 0 Å². The first-order chi connectivity index (χ1) is 16.2. The molecule has 3 aromatic rings. The lowest BCUT2D eigenvalue weighted by Gasteiger charge is -2.28. The van der Waals surface area contributed by atoms with Gasteiger partial charge in [-0.2, -0.15) is 4.98 Å². The molecule has 7 nitrogen and oxygen atoms in total. The molecular weight excluding hydrogens is 460 g/mol. The standard InChI is InChI=1S/C24H29F2N5O2S/c1-31(2)23-19-5-3-4-6-21(19)29-24(30-23)27-14-16-7-9-17(10-8-16)15-28-34(32,33)22-12-11-18(25)13-20(22)26/h3-6,11-13,16-17,28H,7-10,14-15H2,1-2H3,(H,27,29,30). The number of rotatable bonds is 8. The lowest BCUT2D eigenvalue weighted by Crippen LogP contribution is -2.32. The first-order valence-electron chi connectivity index (χ1n) is 11.4. The minimum Gasteiger partial charge on any atom is -0.362 e. The number of nitrogens with one attached hydrogen (secondary N) is 2. The van der Waals surface area contributed by atoms with Gasteiger partial charge in [0.05, 0.1) is 5.52 Å². The van der Waals surface area contributed by atoms with Gasteiger partial charge in [0.15, 0.2) is 0 Å². The van der Waals surface area contributed by atoms with Crippen molar-refractivity contribution in [2.45, 2.75) is 30.6 Å². The summed E-state index contributed by atoms with van der Waals surface area (Å²) in [6, 6.07) is 10.4. The number of para-hydroxylation sites is 1. The zero-order valence-electron chi connectivity index (χ0n) is 19.3. The summed E-state index contributed by atoms with van der Waals surface area (Å²) in [7, 11) is -0.107. The molecule has 1 aliphatic carbocycles. The van der Waals surface area contributed by atoms with Crippen LogP contribution in [0, 0.1) is 23.5 Å². The summed E-state index contributed by atoms with van der Waals surface area (Å²) in [6.45, 7) is 0.976. The van der Waals surface area contributed by atoms with Gasteiger partial charge in [-0.05, 0) is 61.8 Å². The quantitative estimate of drug-likeness (QED) is 0.494. The number of anilines is 2. The van der Waals surface area contributed by atoms with E-state index in [1.54, 1.807) is 0 Å². The summed E-state index contributed by atoms with van der Waals surface area (Å²) < 4.78 is 54.2. The molecule has 182 valence electrons. The summed E-state index contributed by atoms with van der Waals surface area (Å²) in [5.74, 6) is 0.165. The van der Waals surface area contributed by atoms with E-state index < -0.39 is 26.6 Å². The summed E-state index contributed by atoms with van der Waals surface area (Å²) in [5, 5.41) is 4.37. The van der Waals surface area contributed by atoms with Gasteiger partial charge in [0.25, 0.3) is 0 Å². The highest BCUT2D eigenvalue weighted by Crippen LogP contribution is 2.30. The van der Waals surface area contributed by atoms with E-state index in [4.69, 9.17) is 0 Å². The van der Waals surface area contributed by atoms with E-state index >= 15 is 0 Å². The Hall–Kier alpha value is -2.85. The predicted octanol–water partition coefficient (Wildman–Crippen LogP) is 4.17. The SMILES string of the molecule is CN(C)c1nc(NCC2CCC(CNS(=O)(=O)c3ccc(F)cc3F)CC2)nc2ccccc12. The van der Waals surface area contributed by atoms with Crippen LogP contribution in [0.25, 0.3) is 10.9 Å².